The molecule has 0 aliphatic heterocycles. The van der Waals surface area contributed by atoms with Gasteiger partial charge in [-0.2, -0.15) is 0 Å². The Balaban J connectivity index is 2.00. The molecule has 1 aromatic rings. The third kappa shape index (κ3) is 2.17. The van der Waals surface area contributed by atoms with Crippen molar-refractivity contribution in [2.45, 2.75) is 63.4 Å². The van der Waals surface area contributed by atoms with Gasteiger partial charge in [-0.1, -0.05) is 6.42 Å². The molecule has 0 saturated heterocycles. The number of carboxylic acids is 1. The van der Waals surface area contributed by atoms with Gasteiger partial charge in [-0.25, -0.2) is 0 Å². The molecule has 0 bridgehead atoms. The van der Waals surface area contributed by atoms with Crippen molar-refractivity contribution < 1.29 is 14.6 Å². The first kappa shape index (κ1) is 13.4. The highest BCUT2D eigenvalue weighted by Crippen LogP contribution is 2.52. The number of ether oxygens (including phenoxy) is 1. The number of hydrogen-bond acceptors (Lipinski definition) is 3. The number of carbonyl (C=O) groups is 1. The summed E-state index contributed by atoms with van der Waals surface area (Å²) in [5, 5.41) is 9.54. The zero-order chi connectivity index (χ0) is 14.3. The molecule has 3 rings (SSSR count). The van der Waals surface area contributed by atoms with Gasteiger partial charge in [0, 0.05) is 17.2 Å². The van der Waals surface area contributed by atoms with Crippen LogP contribution in [0.3, 0.4) is 0 Å². The Morgan fingerprint density at radius 2 is 2.15 bits per heavy atom. The molecule has 2 fully saturated rings. The van der Waals surface area contributed by atoms with E-state index in [1.54, 1.807) is 6.20 Å². The lowest BCUT2D eigenvalue weighted by atomic mass is 9.81. The summed E-state index contributed by atoms with van der Waals surface area (Å²) < 4.78 is 5.78. The van der Waals surface area contributed by atoms with Crippen LogP contribution >= 0.6 is 0 Å². The van der Waals surface area contributed by atoms with Crippen molar-refractivity contribution >= 4 is 5.97 Å². The van der Waals surface area contributed by atoms with Gasteiger partial charge in [0.15, 0.2) is 0 Å². The SMILES string of the molecule is CC(C)Oc1cnc(C2CCC2)cc1C1(C(=O)O)CC1. The third-order valence-corrected chi connectivity index (χ3v) is 4.45. The van der Waals surface area contributed by atoms with E-state index in [0.29, 0.717) is 24.5 Å². The van der Waals surface area contributed by atoms with Gasteiger partial charge in [-0.15, -0.1) is 0 Å². The average molecular weight is 275 g/mol. The fourth-order valence-electron chi connectivity index (χ4n) is 2.83. The highest BCUT2D eigenvalue weighted by molar-refractivity contribution is 5.86. The quantitative estimate of drug-likeness (QED) is 0.896. The van der Waals surface area contributed by atoms with E-state index in [-0.39, 0.29) is 6.10 Å². The normalized spacial score (nSPS) is 20.6. The summed E-state index contributed by atoms with van der Waals surface area (Å²) in [5.41, 5.74) is 1.14. The molecular weight excluding hydrogens is 254 g/mol. The lowest BCUT2D eigenvalue weighted by Crippen LogP contribution is -2.23. The molecule has 2 aliphatic carbocycles. The first-order valence-corrected chi connectivity index (χ1v) is 7.43. The maximum absolute atomic E-state index is 11.6. The second kappa shape index (κ2) is 4.76. The Morgan fingerprint density at radius 3 is 2.60 bits per heavy atom. The molecule has 2 saturated carbocycles. The highest BCUT2D eigenvalue weighted by Gasteiger charge is 2.53. The number of carboxylic acid groups (broad SMARTS) is 1. The van der Waals surface area contributed by atoms with Gasteiger partial charge in [0.25, 0.3) is 0 Å². The van der Waals surface area contributed by atoms with Crippen molar-refractivity contribution in [3.05, 3.63) is 23.5 Å². The number of hydrogen-bond donors (Lipinski definition) is 1. The van der Waals surface area contributed by atoms with Crippen molar-refractivity contribution in [2.75, 3.05) is 0 Å². The largest absolute Gasteiger partial charge is 0.489 e. The van der Waals surface area contributed by atoms with Crippen LogP contribution in [-0.2, 0) is 10.2 Å². The molecule has 0 amide bonds. The van der Waals surface area contributed by atoms with Crippen LogP contribution in [0.25, 0.3) is 0 Å². The molecule has 20 heavy (non-hydrogen) atoms. The number of rotatable bonds is 5. The molecule has 4 nitrogen and oxygen atoms in total. The van der Waals surface area contributed by atoms with Gasteiger partial charge in [0.05, 0.1) is 17.7 Å². The summed E-state index contributed by atoms with van der Waals surface area (Å²) in [4.78, 5) is 16.1. The summed E-state index contributed by atoms with van der Waals surface area (Å²) in [7, 11) is 0. The molecular formula is C16H21NO3. The summed E-state index contributed by atoms with van der Waals surface area (Å²) >= 11 is 0. The molecule has 0 unspecified atom stereocenters. The van der Waals surface area contributed by atoms with E-state index in [4.69, 9.17) is 4.74 Å². The molecule has 0 aromatic carbocycles. The Labute approximate surface area is 119 Å². The van der Waals surface area contributed by atoms with Crippen molar-refractivity contribution in [3.63, 3.8) is 0 Å². The van der Waals surface area contributed by atoms with Gasteiger partial charge in [0.2, 0.25) is 0 Å². The standard InChI is InChI=1S/C16H21NO3/c1-10(2)20-14-9-17-13(11-4-3-5-11)8-12(14)16(6-7-16)15(18)19/h8-11H,3-7H2,1-2H3,(H,18,19). The predicted octanol–water partition coefficient (Wildman–Crippen LogP) is 3.25. The molecule has 1 N–H and O–H groups in total. The van der Waals surface area contributed by atoms with Crippen LogP contribution < -0.4 is 4.74 Å². The number of aliphatic carboxylic acids is 1. The van der Waals surface area contributed by atoms with Crippen molar-refractivity contribution in [2.24, 2.45) is 0 Å². The van der Waals surface area contributed by atoms with Crippen molar-refractivity contribution in [3.8, 4) is 5.75 Å². The molecule has 2 aliphatic rings. The predicted molar refractivity (Wildman–Crippen MR) is 75.1 cm³/mol. The number of nitrogens with zero attached hydrogens (tertiary/aromatic N) is 1. The number of aromatic nitrogens is 1. The highest BCUT2D eigenvalue weighted by atomic mass is 16.5. The smallest absolute Gasteiger partial charge is 0.314 e. The zero-order valence-electron chi connectivity index (χ0n) is 12.1. The minimum Gasteiger partial charge on any atom is -0.489 e. The van der Waals surface area contributed by atoms with Gasteiger partial charge < -0.3 is 9.84 Å². The fraction of sp³-hybridized carbons (Fsp3) is 0.625. The van der Waals surface area contributed by atoms with E-state index in [1.165, 1.54) is 6.42 Å². The van der Waals surface area contributed by atoms with Gasteiger partial charge >= 0.3 is 5.97 Å². The third-order valence-electron chi connectivity index (χ3n) is 4.45. The minimum atomic E-state index is -0.739. The van der Waals surface area contributed by atoms with Crippen LogP contribution in [0.2, 0.25) is 0 Å². The van der Waals surface area contributed by atoms with E-state index in [1.807, 2.05) is 19.9 Å². The number of pyridine rings is 1. The Bertz CT molecular complexity index is 531. The van der Waals surface area contributed by atoms with E-state index >= 15 is 0 Å². The summed E-state index contributed by atoms with van der Waals surface area (Å²) in [6.07, 6.45) is 6.72. The fourth-order valence-corrected chi connectivity index (χ4v) is 2.83. The Kier molecular flexibility index (Phi) is 3.19. The molecule has 0 atom stereocenters. The zero-order valence-corrected chi connectivity index (χ0v) is 12.1. The molecule has 1 aromatic heterocycles. The molecule has 4 heteroatoms. The van der Waals surface area contributed by atoms with Crippen LogP contribution in [0.5, 0.6) is 5.75 Å². The maximum Gasteiger partial charge on any atom is 0.314 e. The molecule has 108 valence electrons. The second-order valence-corrected chi connectivity index (χ2v) is 6.29. The summed E-state index contributed by atoms with van der Waals surface area (Å²) in [6, 6.07) is 1.99. The van der Waals surface area contributed by atoms with E-state index in [9.17, 15) is 9.90 Å². The second-order valence-electron chi connectivity index (χ2n) is 6.29. The summed E-state index contributed by atoms with van der Waals surface area (Å²) in [6.45, 7) is 3.90. The molecule has 1 heterocycles. The first-order valence-electron chi connectivity index (χ1n) is 7.43. The van der Waals surface area contributed by atoms with Crippen LogP contribution in [-0.4, -0.2) is 22.2 Å². The monoisotopic (exact) mass is 275 g/mol. The van der Waals surface area contributed by atoms with Crippen LogP contribution in [0.4, 0.5) is 0 Å². The lowest BCUT2D eigenvalue weighted by molar-refractivity contribution is -0.140. The van der Waals surface area contributed by atoms with E-state index < -0.39 is 11.4 Å². The van der Waals surface area contributed by atoms with Gasteiger partial charge in [-0.05, 0) is 45.6 Å². The van der Waals surface area contributed by atoms with Crippen molar-refractivity contribution in [1.82, 2.24) is 4.98 Å². The minimum absolute atomic E-state index is 0.0229. The van der Waals surface area contributed by atoms with E-state index in [2.05, 4.69) is 4.98 Å². The Hall–Kier alpha value is -1.58. The topological polar surface area (TPSA) is 59.4 Å². The van der Waals surface area contributed by atoms with Crippen LogP contribution in [0, 0.1) is 0 Å². The van der Waals surface area contributed by atoms with Gasteiger partial charge in [0.1, 0.15) is 5.75 Å². The Morgan fingerprint density at radius 1 is 1.45 bits per heavy atom. The first-order chi connectivity index (χ1) is 9.53. The van der Waals surface area contributed by atoms with Crippen LogP contribution in [0.15, 0.2) is 12.3 Å². The van der Waals surface area contributed by atoms with Crippen LogP contribution in [0.1, 0.15) is 63.1 Å². The average Bonchev–Trinajstić information content (AvgIpc) is 3.09. The van der Waals surface area contributed by atoms with E-state index in [0.717, 1.165) is 24.1 Å². The van der Waals surface area contributed by atoms with Crippen molar-refractivity contribution in [1.29, 1.82) is 0 Å². The lowest BCUT2D eigenvalue weighted by Gasteiger charge is -2.26. The molecule has 0 radical (unpaired) electrons. The van der Waals surface area contributed by atoms with Gasteiger partial charge in [-0.3, -0.25) is 9.78 Å². The maximum atomic E-state index is 11.6. The summed E-state index contributed by atoms with van der Waals surface area (Å²) in [5.74, 6) is 0.409. The molecule has 0 spiro atoms.